The van der Waals surface area contributed by atoms with Crippen molar-refractivity contribution in [2.45, 2.75) is 36.5 Å². The number of hydrogen-bond donors (Lipinski definition) is 2. The molecule has 6 rings (SSSR count). The van der Waals surface area contributed by atoms with Crippen molar-refractivity contribution >= 4 is 16.4 Å². The molecule has 5 heterocycles. The summed E-state index contributed by atoms with van der Waals surface area (Å²) in [6.45, 7) is 2.00. The molecule has 3 unspecified atom stereocenters. The van der Waals surface area contributed by atoms with Gasteiger partial charge in [0.2, 0.25) is 0 Å². The van der Waals surface area contributed by atoms with Crippen LogP contribution in [0.25, 0.3) is 5.70 Å². The second-order valence-electron chi connectivity index (χ2n) is 10.3. The van der Waals surface area contributed by atoms with Crippen molar-refractivity contribution in [1.29, 1.82) is 0 Å². The van der Waals surface area contributed by atoms with Crippen LogP contribution in [0.4, 0.5) is 0 Å². The summed E-state index contributed by atoms with van der Waals surface area (Å²) in [6, 6.07) is 21.7. The maximum atomic E-state index is 12.3. The Balaban J connectivity index is 1.26. The van der Waals surface area contributed by atoms with Gasteiger partial charge in [-0.05, 0) is 42.7 Å². The molecule has 3 aliphatic heterocycles. The van der Waals surface area contributed by atoms with Crippen LogP contribution in [0.1, 0.15) is 35.2 Å². The van der Waals surface area contributed by atoms with E-state index in [-0.39, 0.29) is 18.9 Å². The van der Waals surface area contributed by atoms with Gasteiger partial charge < -0.3 is 19.7 Å². The minimum Gasteiger partial charge on any atom is -0.362 e. The molecule has 0 amide bonds. The third-order valence-electron chi connectivity index (χ3n) is 7.86. The number of hydrogen-bond acceptors (Lipinski definition) is 9. The van der Waals surface area contributed by atoms with E-state index < -0.39 is 21.8 Å². The molecule has 0 bridgehead atoms. The summed E-state index contributed by atoms with van der Waals surface area (Å²) in [4.78, 5) is 13.2. The van der Waals surface area contributed by atoms with E-state index in [1.54, 1.807) is 24.5 Å². The minimum atomic E-state index is -2.70. The van der Waals surface area contributed by atoms with Crippen molar-refractivity contribution in [3.05, 3.63) is 102 Å². The van der Waals surface area contributed by atoms with Gasteiger partial charge in [0.1, 0.15) is 13.0 Å². The van der Waals surface area contributed by atoms with Crippen molar-refractivity contribution in [3.8, 4) is 0 Å². The van der Waals surface area contributed by atoms with Gasteiger partial charge in [0, 0.05) is 44.0 Å². The molecule has 0 radical (unpaired) electrons. The Morgan fingerprint density at radius 1 is 0.974 bits per heavy atom. The summed E-state index contributed by atoms with van der Waals surface area (Å²) >= 11 is 0. The molecule has 2 fully saturated rings. The maximum Gasteiger partial charge on any atom is 0.172 e. The van der Waals surface area contributed by atoms with Crippen molar-refractivity contribution in [1.82, 2.24) is 25.1 Å². The predicted molar refractivity (Wildman–Crippen MR) is 147 cm³/mol. The Morgan fingerprint density at radius 3 is 2.36 bits per heavy atom. The first-order valence-corrected chi connectivity index (χ1v) is 14.6. The maximum absolute atomic E-state index is 12.3. The lowest BCUT2D eigenvalue weighted by Crippen LogP contribution is -2.58. The number of nitrogens with zero attached hydrogens (tertiary/aromatic N) is 4. The number of thiol groups is 1. The number of ether oxygens (including phenoxy) is 2. The molecular formula is C29H33N5O4S. The van der Waals surface area contributed by atoms with Gasteiger partial charge in [0.05, 0.1) is 23.7 Å². The molecule has 9 nitrogen and oxygen atoms in total. The first kappa shape index (κ1) is 25.9. The molecule has 204 valence electrons. The Hall–Kier alpha value is -3.31. The van der Waals surface area contributed by atoms with Gasteiger partial charge in [-0.25, -0.2) is 8.42 Å². The summed E-state index contributed by atoms with van der Waals surface area (Å²) in [7, 11) is -2.70. The highest BCUT2D eigenvalue weighted by atomic mass is 32.2. The third kappa shape index (κ3) is 5.42. The second kappa shape index (κ2) is 11.4. The average molecular weight is 548 g/mol. The number of benzene rings is 1. The third-order valence-corrected chi connectivity index (χ3v) is 8.85. The zero-order valence-corrected chi connectivity index (χ0v) is 22.5. The van der Waals surface area contributed by atoms with Gasteiger partial charge in [-0.3, -0.25) is 14.9 Å². The van der Waals surface area contributed by atoms with Crippen LogP contribution in [0, 0.1) is 5.92 Å². The van der Waals surface area contributed by atoms with Gasteiger partial charge >= 0.3 is 0 Å². The van der Waals surface area contributed by atoms with Crippen molar-refractivity contribution < 1.29 is 17.9 Å². The zero-order chi connectivity index (χ0) is 26.7. The molecule has 2 saturated heterocycles. The molecule has 0 spiro atoms. The van der Waals surface area contributed by atoms with Gasteiger partial charge in [0.15, 0.2) is 21.8 Å². The van der Waals surface area contributed by atoms with E-state index >= 15 is 0 Å². The fourth-order valence-corrected chi connectivity index (χ4v) is 6.82. The first-order chi connectivity index (χ1) is 19.1. The fraction of sp³-hybridized carbons (Fsp3) is 0.379. The van der Waals surface area contributed by atoms with E-state index in [4.69, 9.17) is 9.47 Å². The second-order valence-corrected chi connectivity index (χ2v) is 11.3. The van der Waals surface area contributed by atoms with E-state index in [0.29, 0.717) is 31.8 Å². The van der Waals surface area contributed by atoms with E-state index in [1.165, 1.54) is 5.56 Å². The SMILES string of the molecule is O=[SH](=O)C(c1ccccn1)N1CCC(C2NC(c3ccccn3)=CN2C2(Cc3ccccc3)COCO2)CC1. The lowest BCUT2D eigenvalue weighted by molar-refractivity contribution is -0.120. The molecule has 39 heavy (non-hydrogen) atoms. The van der Waals surface area contributed by atoms with Crippen molar-refractivity contribution in [3.63, 3.8) is 0 Å². The summed E-state index contributed by atoms with van der Waals surface area (Å²) in [5.74, 6) is 0.254. The quantitative estimate of drug-likeness (QED) is 0.413. The monoisotopic (exact) mass is 547 g/mol. The molecule has 0 saturated carbocycles. The number of piperidine rings is 1. The molecule has 3 atom stereocenters. The Kier molecular flexibility index (Phi) is 7.60. The summed E-state index contributed by atoms with van der Waals surface area (Å²) in [6.07, 6.45) is 7.85. The van der Waals surface area contributed by atoms with Crippen LogP contribution >= 0.6 is 0 Å². The van der Waals surface area contributed by atoms with Gasteiger partial charge in [-0.2, -0.15) is 0 Å². The highest BCUT2D eigenvalue weighted by molar-refractivity contribution is 7.72. The van der Waals surface area contributed by atoms with Crippen LogP contribution in [0.5, 0.6) is 0 Å². The summed E-state index contributed by atoms with van der Waals surface area (Å²) in [5, 5.41) is 3.04. The number of nitrogens with one attached hydrogen (secondary N) is 1. The van der Waals surface area contributed by atoms with Crippen LogP contribution in [0.15, 0.2) is 85.3 Å². The van der Waals surface area contributed by atoms with E-state index in [2.05, 4.69) is 38.5 Å². The van der Waals surface area contributed by atoms with E-state index in [0.717, 1.165) is 24.2 Å². The molecule has 2 aromatic heterocycles. The highest BCUT2D eigenvalue weighted by Crippen LogP contribution is 2.39. The van der Waals surface area contributed by atoms with Crippen LogP contribution in [0.3, 0.4) is 0 Å². The standard InChI is InChI=1S/C29H33N5O4S/c35-39(36)28(25-11-5-7-15-31-25)33-16-12-23(13-17-33)27-32-26(24-10-4-6-14-30-24)19-34(27)29(20-37-21-38-29)18-22-8-2-1-3-9-22/h1-11,14-15,19,23,27-28,32,39H,12-13,16-18,20-21H2. The minimum absolute atomic E-state index is 0.0520. The average Bonchev–Trinajstić information content (AvgIpc) is 3.64. The number of aromatic nitrogens is 2. The van der Waals surface area contributed by atoms with Crippen LogP contribution in [-0.2, 0) is 26.6 Å². The van der Waals surface area contributed by atoms with Gasteiger partial charge in [-0.15, -0.1) is 0 Å². The highest BCUT2D eigenvalue weighted by Gasteiger charge is 2.49. The number of likely N-dealkylation sites (tertiary alicyclic amines) is 1. The summed E-state index contributed by atoms with van der Waals surface area (Å²) in [5.41, 5.74) is 2.90. The van der Waals surface area contributed by atoms with E-state index in [1.807, 2.05) is 47.4 Å². The Labute approximate surface area is 230 Å². The molecule has 3 aromatic rings. The largest absolute Gasteiger partial charge is 0.362 e. The van der Waals surface area contributed by atoms with Crippen molar-refractivity contribution in [2.75, 3.05) is 26.5 Å². The normalized spacial score (nSPS) is 25.0. The zero-order valence-electron chi connectivity index (χ0n) is 21.6. The lowest BCUT2D eigenvalue weighted by Gasteiger charge is -2.45. The number of pyridine rings is 2. The Morgan fingerprint density at radius 2 is 1.72 bits per heavy atom. The lowest BCUT2D eigenvalue weighted by atomic mass is 9.91. The first-order valence-electron chi connectivity index (χ1n) is 13.4. The van der Waals surface area contributed by atoms with Gasteiger partial charge in [0.25, 0.3) is 0 Å². The molecule has 1 N–H and O–H groups in total. The molecule has 0 aliphatic carbocycles. The fourth-order valence-electron chi connectivity index (χ4n) is 5.95. The molecule has 3 aliphatic rings. The van der Waals surface area contributed by atoms with Crippen LogP contribution in [0.2, 0.25) is 0 Å². The van der Waals surface area contributed by atoms with E-state index in [9.17, 15) is 8.42 Å². The van der Waals surface area contributed by atoms with Crippen LogP contribution in [-0.4, -0.2) is 66.6 Å². The topological polar surface area (TPSA) is 96.9 Å². The Bertz CT molecular complexity index is 1330. The molecule has 10 heteroatoms. The van der Waals surface area contributed by atoms with Crippen LogP contribution < -0.4 is 5.32 Å². The number of rotatable bonds is 8. The van der Waals surface area contributed by atoms with Crippen molar-refractivity contribution in [2.24, 2.45) is 5.92 Å². The van der Waals surface area contributed by atoms with Gasteiger partial charge in [-0.1, -0.05) is 42.5 Å². The smallest absolute Gasteiger partial charge is 0.172 e. The molecular weight excluding hydrogens is 514 g/mol. The summed E-state index contributed by atoms with van der Waals surface area (Å²) < 4.78 is 36.7. The molecule has 1 aromatic carbocycles. The predicted octanol–water partition coefficient (Wildman–Crippen LogP) is 2.97.